The lowest BCUT2D eigenvalue weighted by Crippen LogP contribution is -2.32. The van der Waals surface area contributed by atoms with E-state index in [1.807, 2.05) is 7.05 Å². The summed E-state index contributed by atoms with van der Waals surface area (Å²) in [7, 11) is 2.04. The molecule has 0 aromatic carbocycles. The minimum atomic E-state index is 0.673. The number of aromatic nitrogens is 2. The van der Waals surface area contributed by atoms with Crippen LogP contribution in [0.25, 0.3) is 11.1 Å². The van der Waals surface area contributed by atoms with Crippen molar-refractivity contribution >= 4 is 0 Å². The second-order valence-corrected chi connectivity index (χ2v) is 6.01. The molecular formula is C20H24N2+2. The summed E-state index contributed by atoms with van der Waals surface area (Å²) < 4.78 is 4.34. The van der Waals surface area contributed by atoms with Gasteiger partial charge >= 0.3 is 0 Å². The zero-order valence-corrected chi connectivity index (χ0v) is 13.2. The zero-order valence-electron chi connectivity index (χ0n) is 13.2. The molecule has 1 aliphatic rings. The maximum Gasteiger partial charge on any atom is 0.169 e. The second-order valence-electron chi connectivity index (χ2n) is 6.01. The molecule has 0 unspecified atom stereocenters. The van der Waals surface area contributed by atoms with Crippen LogP contribution in [0.4, 0.5) is 0 Å². The number of unbranched alkanes of at least 4 members (excludes halogenated alkanes) is 1. The molecule has 2 aromatic rings. The minimum Gasteiger partial charge on any atom is -0.208 e. The topological polar surface area (TPSA) is 7.76 Å². The highest BCUT2D eigenvalue weighted by molar-refractivity contribution is 5.60. The van der Waals surface area contributed by atoms with E-state index in [4.69, 9.17) is 0 Å². The molecule has 0 saturated heterocycles. The first-order valence-corrected chi connectivity index (χ1v) is 8.11. The molecule has 0 fully saturated rings. The van der Waals surface area contributed by atoms with Crippen molar-refractivity contribution in [2.24, 2.45) is 13.0 Å². The van der Waals surface area contributed by atoms with Crippen LogP contribution in [0.2, 0.25) is 0 Å². The van der Waals surface area contributed by atoms with Crippen LogP contribution in [0.15, 0.2) is 73.4 Å². The lowest BCUT2D eigenvalue weighted by atomic mass is 10.0. The minimum absolute atomic E-state index is 0.673. The summed E-state index contributed by atoms with van der Waals surface area (Å²) in [5.74, 6) is 0.673. The first-order valence-electron chi connectivity index (χ1n) is 8.11. The molecule has 2 aromatic heterocycles. The molecule has 0 bridgehead atoms. The van der Waals surface area contributed by atoms with Crippen molar-refractivity contribution in [2.45, 2.75) is 25.8 Å². The highest BCUT2D eigenvalue weighted by Crippen LogP contribution is 2.17. The second kappa shape index (κ2) is 7.17. The number of rotatable bonds is 6. The van der Waals surface area contributed by atoms with Gasteiger partial charge in [0.2, 0.25) is 0 Å². The van der Waals surface area contributed by atoms with Crippen molar-refractivity contribution in [1.82, 2.24) is 0 Å². The van der Waals surface area contributed by atoms with E-state index in [-0.39, 0.29) is 0 Å². The Labute approximate surface area is 133 Å². The van der Waals surface area contributed by atoms with Crippen molar-refractivity contribution in [3.8, 4) is 11.1 Å². The highest BCUT2D eigenvalue weighted by Gasteiger charge is 2.06. The molecule has 3 rings (SSSR count). The van der Waals surface area contributed by atoms with Crippen molar-refractivity contribution < 1.29 is 9.13 Å². The van der Waals surface area contributed by atoms with Crippen LogP contribution in [-0.4, -0.2) is 0 Å². The molecule has 0 radical (unpaired) electrons. The maximum absolute atomic E-state index is 2.29. The first-order chi connectivity index (χ1) is 10.8. The molecule has 0 amide bonds. The third-order valence-corrected chi connectivity index (χ3v) is 4.23. The Hall–Kier alpha value is -2.22. The maximum atomic E-state index is 2.29. The molecule has 0 saturated carbocycles. The summed E-state index contributed by atoms with van der Waals surface area (Å²) in [6.45, 7) is 1.10. The number of nitrogens with zero attached hydrogens (tertiary/aromatic N) is 2. The van der Waals surface area contributed by atoms with Gasteiger partial charge in [-0.05, 0) is 29.9 Å². The Morgan fingerprint density at radius 2 is 1.41 bits per heavy atom. The number of aryl methyl sites for hydroxylation is 2. The van der Waals surface area contributed by atoms with Crippen molar-refractivity contribution in [2.75, 3.05) is 0 Å². The van der Waals surface area contributed by atoms with Crippen molar-refractivity contribution in [3.05, 3.63) is 73.4 Å². The van der Waals surface area contributed by atoms with Crippen LogP contribution in [-0.2, 0) is 13.6 Å². The Morgan fingerprint density at radius 1 is 0.818 bits per heavy atom. The van der Waals surface area contributed by atoms with Gasteiger partial charge < -0.3 is 0 Å². The van der Waals surface area contributed by atoms with E-state index in [0.29, 0.717) is 5.92 Å². The third-order valence-electron chi connectivity index (χ3n) is 4.23. The van der Waals surface area contributed by atoms with Gasteiger partial charge in [-0.2, -0.15) is 0 Å². The predicted octanol–water partition coefficient (Wildman–Crippen LogP) is 3.38. The molecule has 0 aliphatic heterocycles. The fourth-order valence-corrected chi connectivity index (χ4v) is 2.84. The lowest BCUT2D eigenvalue weighted by Gasteiger charge is -2.04. The highest BCUT2D eigenvalue weighted by atomic mass is 14.9. The van der Waals surface area contributed by atoms with E-state index in [1.54, 1.807) is 0 Å². The van der Waals surface area contributed by atoms with E-state index in [1.165, 1.54) is 30.4 Å². The van der Waals surface area contributed by atoms with Crippen LogP contribution in [0.3, 0.4) is 0 Å². The molecule has 0 spiro atoms. The Kier molecular flexibility index (Phi) is 4.79. The summed E-state index contributed by atoms with van der Waals surface area (Å²) in [6.07, 6.45) is 21.2. The molecule has 1 aliphatic carbocycles. The Morgan fingerprint density at radius 3 is 2.05 bits per heavy atom. The number of allylic oxidation sites excluding steroid dienone is 4. The molecule has 112 valence electrons. The molecule has 22 heavy (non-hydrogen) atoms. The average molecular weight is 292 g/mol. The molecule has 2 heteroatoms. The molecular weight excluding hydrogens is 268 g/mol. The third kappa shape index (κ3) is 3.91. The van der Waals surface area contributed by atoms with Gasteiger partial charge in [-0.15, -0.1) is 0 Å². The smallest absolute Gasteiger partial charge is 0.169 e. The van der Waals surface area contributed by atoms with E-state index in [9.17, 15) is 0 Å². The Balaban J connectivity index is 1.49. The number of hydrogen-bond acceptors (Lipinski definition) is 0. The molecule has 2 nitrogen and oxygen atoms in total. The summed E-state index contributed by atoms with van der Waals surface area (Å²) in [5.41, 5.74) is 2.54. The van der Waals surface area contributed by atoms with E-state index in [2.05, 4.69) is 82.5 Å². The summed E-state index contributed by atoms with van der Waals surface area (Å²) >= 11 is 0. The molecule has 2 heterocycles. The number of pyridine rings is 2. The largest absolute Gasteiger partial charge is 0.208 e. The van der Waals surface area contributed by atoms with Gasteiger partial charge in [0.05, 0.1) is 0 Å². The quantitative estimate of drug-likeness (QED) is 0.569. The van der Waals surface area contributed by atoms with Crippen LogP contribution >= 0.6 is 0 Å². The summed E-state index contributed by atoms with van der Waals surface area (Å²) in [6, 6.07) is 8.72. The summed E-state index contributed by atoms with van der Waals surface area (Å²) in [5, 5.41) is 0. The number of hydrogen-bond donors (Lipinski definition) is 0. The van der Waals surface area contributed by atoms with Gasteiger partial charge in [-0.3, -0.25) is 0 Å². The SMILES string of the molecule is C[n+]1ccc(-c2cc[n+](CCCCC3C=CC=C3)cc2)cc1. The van der Waals surface area contributed by atoms with Gasteiger partial charge in [0.1, 0.15) is 13.6 Å². The van der Waals surface area contributed by atoms with Gasteiger partial charge in [0.25, 0.3) is 0 Å². The normalized spacial score (nSPS) is 13.9. The van der Waals surface area contributed by atoms with Gasteiger partial charge in [-0.1, -0.05) is 24.3 Å². The van der Waals surface area contributed by atoms with E-state index in [0.717, 1.165) is 6.54 Å². The van der Waals surface area contributed by atoms with Crippen molar-refractivity contribution in [1.29, 1.82) is 0 Å². The van der Waals surface area contributed by atoms with Crippen LogP contribution < -0.4 is 9.13 Å². The standard InChI is InChI=1S/C20H24N2/c1-21-14-9-19(10-15-21)20-11-16-22(17-12-20)13-5-4-8-18-6-2-3-7-18/h2-3,6-7,9-12,14-18H,4-5,8,13H2,1H3/q+2. The monoisotopic (exact) mass is 292 g/mol. The van der Waals surface area contributed by atoms with Crippen LogP contribution in [0.1, 0.15) is 19.3 Å². The lowest BCUT2D eigenvalue weighted by molar-refractivity contribution is -0.697. The predicted molar refractivity (Wildman–Crippen MR) is 88.9 cm³/mol. The first kappa shape index (κ1) is 14.7. The summed E-state index contributed by atoms with van der Waals surface area (Å²) in [4.78, 5) is 0. The Bertz CT molecular complexity index is 639. The van der Waals surface area contributed by atoms with Gasteiger partial charge in [0, 0.05) is 30.7 Å². The molecule has 0 N–H and O–H groups in total. The fraction of sp³-hybridized carbons (Fsp3) is 0.300. The van der Waals surface area contributed by atoms with Crippen LogP contribution in [0, 0.1) is 5.92 Å². The molecule has 0 atom stereocenters. The van der Waals surface area contributed by atoms with Gasteiger partial charge in [0.15, 0.2) is 24.8 Å². The van der Waals surface area contributed by atoms with Gasteiger partial charge in [-0.25, -0.2) is 9.13 Å². The average Bonchev–Trinajstić information content (AvgIpc) is 3.06. The van der Waals surface area contributed by atoms with E-state index < -0.39 is 0 Å². The van der Waals surface area contributed by atoms with Crippen LogP contribution in [0.5, 0.6) is 0 Å². The van der Waals surface area contributed by atoms with Crippen molar-refractivity contribution in [3.63, 3.8) is 0 Å². The fourth-order valence-electron chi connectivity index (χ4n) is 2.84. The zero-order chi connectivity index (χ0) is 15.2. The van der Waals surface area contributed by atoms with E-state index >= 15 is 0 Å².